The van der Waals surface area contributed by atoms with Gasteiger partial charge in [-0.3, -0.25) is 0 Å². The average Bonchev–Trinajstić information content (AvgIpc) is 2.73. The minimum absolute atomic E-state index is 0.210. The van der Waals surface area contributed by atoms with E-state index in [1.54, 1.807) is 0 Å². The van der Waals surface area contributed by atoms with E-state index in [4.69, 9.17) is 11.6 Å². The molecule has 0 aliphatic heterocycles. The molecule has 1 unspecified atom stereocenters. The fourth-order valence-electron chi connectivity index (χ4n) is 1.80. The molecule has 0 bridgehead atoms. The first-order valence-corrected chi connectivity index (χ1v) is 10.3. The number of hydrogen-bond acceptors (Lipinski definition) is 3. The van der Waals surface area contributed by atoms with Crippen molar-refractivity contribution in [3.05, 3.63) is 49.2 Å². The molecule has 114 valence electrons. The van der Waals surface area contributed by atoms with Crippen LogP contribution in [0, 0.1) is 0 Å². The fraction of sp³-hybridized carbons (Fsp3) is 0.231. The minimum Gasteiger partial charge on any atom is -0.207 e. The molecule has 1 N–H and O–H groups in total. The Morgan fingerprint density at radius 2 is 1.90 bits per heavy atom. The van der Waals surface area contributed by atoms with Gasteiger partial charge in [-0.1, -0.05) is 39.7 Å². The molecule has 0 radical (unpaired) electrons. The Morgan fingerprint density at radius 1 is 1.29 bits per heavy atom. The molecule has 21 heavy (non-hydrogen) atoms. The third-order valence-corrected chi connectivity index (χ3v) is 7.77. The van der Waals surface area contributed by atoms with Crippen molar-refractivity contribution in [2.45, 2.75) is 23.6 Å². The summed E-state index contributed by atoms with van der Waals surface area (Å²) in [7, 11) is -3.54. The van der Waals surface area contributed by atoms with Crippen LogP contribution in [0.2, 0.25) is 5.02 Å². The molecule has 0 saturated carbocycles. The van der Waals surface area contributed by atoms with Crippen LogP contribution in [-0.2, 0) is 16.4 Å². The van der Waals surface area contributed by atoms with Gasteiger partial charge < -0.3 is 0 Å². The van der Waals surface area contributed by atoms with Gasteiger partial charge in [-0.15, -0.1) is 11.3 Å². The van der Waals surface area contributed by atoms with Gasteiger partial charge in [0.05, 0.1) is 8.81 Å². The van der Waals surface area contributed by atoms with E-state index in [0.29, 0.717) is 15.2 Å². The van der Waals surface area contributed by atoms with Crippen LogP contribution in [0.25, 0.3) is 0 Å². The number of nitrogens with one attached hydrogen (secondary N) is 1. The maximum absolute atomic E-state index is 12.3. The quantitative estimate of drug-likeness (QED) is 0.676. The fourth-order valence-corrected chi connectivity index (χ4v) is 5.72. The van der Waals surface area contributed by atoms with E-state index in [2.05, 4.69) is 36.6 Å². The predicted molar refractivity (Wildman–Crippen MR) is 94.7 cm³/mol. The van der Waals surface area contributed by atoms with Crippen LogP contribution in [0.1, 0.15) is 12.5 Å². The summed E-state index contributed by atoms with van der Waals surface area (Å²) >= 11 is 13.6. The number of rotatable bonds is 5. The van der Waals surface area contributed by atoms with Crippen molar-refractivity contribution in [3.8, 4) is 0 Å². The topological polar surface area (TPSA) is 46.2 Å². The summed E-state index contributed by atoms with van der Waals surface area (Å²) in [6.07, 6.45) is 0.618. The maximum Gasteiger partial charge on any atom is 0.250 e. The van der Waals surface area contributed by atoms with Crippen LogP contribution in [-0.4, -0.2) is 14.5 Å². The minimum atomic E-state index is -3.54. The number of halogens is 3. The molecule has 2 aromatic rings. The Kier molecular flexibility index (Phi) is 5.90. The van der Waals surface area contributed by atoms with Crippen LogP contribution < -0.4 is 4.72 Å². The Morgan fingerprint density at radius 3 is 2.43 bits per heavy atom. The summed E-state index contributed by atoms with van der Waals surface area (Å²) in [5.74, 6) is 0. The lowest BCUT2D eigenvalue weighted by atomic mass is 10.1. The van der Waals surface area contributed by atoms with Gasteiger partial charge in [-0.05, 0) is 53.0 Å². The highest BCUT2D eigenvalue weighted by molar-refractivity contribution is 9.11. The molecule has 8 heteroatoms. The second-order valence-electron chi connectivity index (χ2n) is 4.54. The van der Waals surface area contributed by atoms with Crippen LogP contribution in [0.5, 0.6) is 0 Å². The molecule has 1 heterocycles. The molecule has 0 aliphatic rings. The van der Waals surface area contributed by atoms with Crippen LogP contribution >= 0.6 is 54.8 Å². The highest BCUT2D eigenvalue weighted by Crippen LogP contribution is 2.34. The summed E-state index contributed by atoms with van der Waals surface area (Å²) in [5.41, 5.74) is 1.07. The molecule has 0 spiro atoms. The number of benzene rings is 1. The zero-order valence-electron chi connectivity index (χ0n) is 10.9. The number of thiophene rings is 1. The van der Waals surface area contributed by atoms with E-state index in [1.807, 2.05) is 31.2 Å². The molecule has 0 saturated heterocycles. The van der Waals surface area contributed by atoms with E-state index in [0.717, 1.165) is 21.4 Å². The molecular formula is C13H12Br2ClNO2S2. The van der Waals surface area contributed by atoms with Gasteiger partial charge in [0, 0.05) is 10.5 Å². The van der Waals surface area contributed by atoms with Gasteiger partial charge in [0.2, 0.25) is 10.0 Å². The third kappa shape index (κ3) is 4.77. The summed E-state index contributed by atoms with van der Waals surface area (Å²) in [5, 5.41) is 0.404. The normalized spacial score (nSPS) is 13.3. The molecule has 2 rings (SSSR count). The summed E-state index contributed by atoms with van der Waals surface area (Å²) in [6.45, 7) is 1.84. The van der Waals surface area contributed by atoms with Crippen molar-refractivity contribution in [1.29, 1.82) is 0 Å². The summed E-state index contributed by atoms with van der Waals surface area (Å²) in [4.78, 5) is 0. The summed E-state index contributed by atoms with van der Waals surface area (Å²) in [6, 6.07) is 9.04. The van der Waals surface area contributed by atoms with Gasteiger partial charge in [0.1, 0.15) is 4.21 Å². The predicted octanol–water partition coefficient (Wildman–Crippen LogP) is 4.84. The SMILES string of the molecule is CC(Cc1ccc(Br)cc1)NS(=O)(=O)c1cc(Cl)c(Br)s1. The standard InChI is InChI=1S/C13H12Br2ClNO2S2/c1-8(6-9-2-4-10(14)5-3-9)17-21(18,19)12-7-11(16)13(15)20-12/h2-5,7-8,17H,6H2,1H3. The van der Waals surface area contributed by atoms with Crippen LogP contribution in [0.15, 0.2) is 42.8 Å². The van der Waals surface area contributed by atoms with Gasteiger partial charge in [0.15, 0.2) is 0 Å². The number of sulfonamides is 1. The number of hydrogen-bond donors (Lipinski definition) is 1. The first-order valence-electron chi connectivity index (χ1n) is 5.99. The molecule has 3 nitrogen and oxygen atoms in total. The Labute approximate surface area is 150 Å². The van der Waals surface area contributed by atoms with E-state index in [9.17, 15) is 8.42 Å². The molecule has 0 amide bonds. The van der Waals surface area contributed by atoms with Crippen LogP contribution in [0.3, 0.4) is 0 Å². The second-order valence-corrected chi connectivity index (χ2v) is 10.2. The lowest BCUT2D eigenvalue weighted by Crippen LogP contribution is -2.33. The lowest BCUT2D eigenvalue weighted by molar-refractivity contribution is 0.562. The Bertz CT molecular complexity index is 710. The van der Waals surface area contributed by atoms with E-state index in [-0.39, 0.29) is 10.3 Å². The van der Waals surface area contributed by atoms with Crippen molar-refractivity contribution in [2.75, 3.05) is 0 Å². The van der Waals surface area contributed by atoms with Crippen LogP contribution in [0.4, 0.5) is 0 Å². The molecule has 1 atom stereocenters. The molecular weight excluding hydrogens is 462 g/mol. The zero-order chi connectivity index (χ0) is 15.6. The smallest absolute Gasteiger partial charge is 0.207 e. The summed E-state index contributed by atoms with van der Waals surface area (Å²) < 4.78 is 29.0. The highest BCUT2D eigenvalue weighted by atomic mass is 79.9. The van der Waals surface area contributed by atoms with Crippen molar-refractivity contribution < 1.29 is 8.42 Å². The molecule has 1 aromatic carbocycles. The maximum atomic E-state index is 12.3. The van der Waals surface area contributed by atoms with Crippen molar-refractivity contribution in [3.63, 3.8) is 0 Å². The van der Waals surface area contributed by atoms with Gasteiger partial charge in [-0.2, -0.15) is 0 Å². The highest BCUT2D eigenvalue weighted by Gasteiger charge is 2.21. The van der Waals surface area contributed by atoms with E-state index < -0.39 is 10.0 Å². The van der Waals surface area contributed by atoms with Gasteiger partial charge in [-0.25, -0.2) is 13.1 Å². The monoisotopic (exact) mass is 471 g/mol. The van der Waals surface area contributed by atoms with E-state index in [1.165, 1.54) is 6.07 Å². The lowest BCUT2D eigenvalue weighted by Gasteiger charge is -2.13. The largest absolute Gasteiger partial charge is 0.250 e. The first kappa shape index (κ1) is 17.4. The van der Waals surface area contributed by atoms with E-state index >= 15 is 0 Å². The van der Waals surface area contributed by atoms with Gasteiger partial charge in [0.25, 0.3) is 0 Å². The average molecular weight is 474 g/mol. The molecule has 0 fully saturated rings. The van der Waals surface area contributed by atoms with Crippen molar-refractivity contribution >= 4 is 64.8 Å². The first-order chi connectivity index (χ1) is 9.78. The Balaban J connectivity index is 2.07. The second kappa shape index (κ2) is 7.10. The Hall–Kier alpha value is 0.0800. The molecule has 1 aromatic heterocycles. The molecule has 0 aliphatic carbocycles. The zero-order valence-corrected chi connectivity index (χ0v) is 16.5. The van der Waals surface area contributed by atoms with Gasteiger partial charge >= 0.3 is 0 Å². The third-order valence-electron chi connectivity index (χ3n) is 2.70. The van der Waals surface area contributed by atoms with Crippen molar-refractivity contribution in [2.24, 2.45) is 0 Å². The van der Waals surface area contributed by atoms with Crippen molar-refractivity contribution in [1.82, 2.24) is 4.72 Å².